The zero-order valence-corrected chi connectivity index (χ0v) is 14.4. The van der Waals surface area contributed by atoms with E-state index in [2.05, 4.69) is 10.1 Å². The van der Waals surface area contributed by atoms with Crippen molar-refractivity contribution in [1.29, 1.82) is 0 Å². The molecule has 0 N–H and O–H groups in total. The summed E-state index contributed by atoms with van der Waals surface area (Å²) >= 11 is 0. The summed E-state index contributed by atoms with van der Waals surface area (Å²) < 4.78 is 26.5. The van der Waals surface area contributed by atoms with E-state index in [0.717, 1.165) is 5.56 Å². The van der Waals surface area contributed by atoms with Gasteiger partial charge in [-0.15, -0.1) is 0 Å². The van der Waals surface area contributed by atoms with Crippen molar-refractivity contribution in [2.24, 2.45) is 0 Å². The van der Waals surface area contributed by atoms with E-state index < -0.39 is 0 Å². The Bertz CT molecular complexity index is 876. The maximum Gasteiger partial charge on any atom is 0.262 e. The molecule has 0 atom stereocenters. The first-order valence-corrected chi connectivity index (χ1v) is 7.48. The molecular weight excluding hydrogens is 324 g/mol. The van der Waals surface area contributed by atoms with Crippen molar-refractivity contribution in [2.45, 2.75) is 0 Å². The van der Waals surface area contributed by atoms with Crippen LogP contribution in [0.4, 0.5) is 0 Å². The fourth-order valence-corrected chi connectivity index (χ4v) is 2.40. The van der Waals surface area contributed by atoms with Gasteiger partial charge in [0.1, 0.15) is 11.5 Å². The van der Waals surface area contributed by atoms with Crippen LogP contribution in [0.1, 0.15) is 0 Å². The van der Waals surface area contributed by atoms with Crippen LogP contribution in [0.2, 0.25) is 0 Å². The molecule has 1 aromatic heterocycles. The van der Waals surface area contributed by atoms with Crippen molar-refractivity contribution in [1.82, 2.24) is 10.1 Å². The van der Waals surface area contributed by atoms with Crippen LogP contribution in [-0.2, 0) is 0 Å². The Kier molecular flexibility index (Phi) is 4.74. The SMILES string of the molecule is COc1ccc(-c2nc(-c3ccc(OC)c(OC)c3)no2)c(OC)c1. The summed E-state index contributed by atoms with van der Waals surface area (Å²) in [5, 5.41) is 4.04. The molecule has 0 bridgehead atoms. The molecule has 7 nitrogen and oxygen atoms in total. The molecule has 0 unspecified atom stereocenters. The largest absolute Gasteiger partial charge is 0.497 e. The molecule has 130 valence electrons. The van der Waals surface area contributed by atoms with E-state index in [-0.39, 0.29) is 0 Å². The highest BCUT2D eigenvalue weighted by Crippen LogP contribution is 2.35. The van der Waals surface area contributed by atoms with Gasteiger partial charge in [-0.1, -0.05) is 5.16 Å². The molecule has 0 saturated carbocycles. The van der Waals surface area contributed by atoms with Crippen LogP contribution < -0.4 is 18.9 Å². The summed E-state index contributed by atoms with van der Waals surface area (Å²) in [6, 6.07) is 10.8. The molecule has 1 heterocycles. The van der Waals surface area contributed by atoms with Gasteiger partial charge >= 0.3 is 0 Å². The summed E-state index contributed by atoms with van der Waals surface area (Å²) in [7, 11) is 6.33. The highest BCUT2D eigenvalue weighted by Gasteiger charge is 2.16. The minimum atomic E-state index is 0.351. The standard InChI is InChI=1S/C18H18N2O5/c1-21-12-6-7-13(15(10-12)23-3)18-19-17(20-25-18)11-5-8-14(22-2)16(9-11)24-4/h5-10H,1-4H3. The van der Waals surface area contributed by atoms with Crippen molar-refractivity contribution < 1.29 is 23.5 Å². The normalized spacial score (nSPS) is 10.4. The van der Waals surface area contributed by atoms with Gasteiger partial charge in [-0.3, -0.25) is 0 Å². The summed E-state index contributed by atoms with van der Waals surface area (Å²) in [5.41, 5.74) is 1.43. The number of ether oxygens (including phenoxy) is 4. The first kappa shape index (κ1) is 16.6. The quantitative estimate of drug-likeness (QED) is 0.679. The van der Waals surface area contributed by atoms with Crippen LogP contribution in [0.15, 0.2) is 40.9 Å². The molecule has 0 spiro atoms. The van der Waals surface area contributed by atoms with Crippen LogP contribution in [0.25, 0.3) is 22.8 Å². The number of nitrogens with zero attached hydrogens (tertiary/aromatic N) is 2. The second-order valence-corrected chi connectivity index (χ2v) is 5.06. The van der Waals surface area contributed by atoms with E-state index in [1.807, 2.05) is 12.1 Å². The third-order valence-corrected chi connectivity index (χ3v) is 3.71. The zero-order valence-electron chi connectivity index (χ0n) is 14.4. The first-order chi connectivity index (χ1) is 12.2. The van der Waals surface area contributed by atoms with Gasteiger partial charge < -0.3 is 23.5 Å². The Morgan fingerprint density at radius 3 is 2.20 bits per heavy atom. The molecule has 3 aromatic rings. The Morgan fingerprint density at radius 2 is 1.52 bits per heavy atom. The average Bonchev–Trinajstić information content (AvgIpc) is 3.16. The number of aromatic nitrogens is 2. The van der Waals surface area contributed by atoms with E-state index in [9.17, 15) is 0 Å². The van der Waals surface area contributed by atoms with Gasteiger partial charge in [0.05, 0.1) is 34.0 Å². The number of benzene rings is 2. The second kappa shape index (κ2) is 7.12. The molecule has 0 aliphatic rings. The average molecular weight is 342 g/mol. The second-order valence-electron chi connectivity index (χ2n) is 5.06. The Labute approximate surface area is 145 Å². The van der Waals surface area contributed by atoms with Gasteiger partial charge in [0.2, 0.25) is 5.82 Å². The van der Waals surface area contributed by atoms with Crippen molar-refractivity contribution in [3.05, 3.63) is 36.4 Å². The van der Waals surface area contributed by atoms with Gasteiger partial charge in [0, 0.05) is 11.6 Å². The van der Waals surface area contributed by atoms with Crippen molar-refractivity contribution in [2.75, 3.05) is 28.4 Å². The summed E-state index contributed by atoms with van der Waals surface area (Å²) in [6.07, 6.45) is 0. The topological polar surface area (TPSA) is 75.8 Å². The number of methoxy groups -OCH3 is 4. The van der Waals surface area contributed by atoms with E-state index in [1.54, 1.807) is 52.7 Å². The molecule has 7 heteroatoms. The summed E-state index contributed by atoms with van der Waals surface area (Å²) in [6.45, 7) is 0. The third-order valence-electron chi connectivity index (χ3n) is 3.71. The van der Waals surface area contributed by atoms with Crippen molar-refractivity contribution in [3.8, 4) is 45.8 Å². The lowest BCUT2D eigenvalue weighted by Gasteiger charge is -2.07. The van der Waals surface area contributed by atoms with Crippen molar-refractivity contribution >= 4 is 0 Å². The Hall–Kier alpha value is -3.22. The monoisotopic (exact) mass is 342 g/mol. The third kappa shape index (κ3) is 3.21. The number of hydrogen-bond donors (Lipinski definition) is 0. The molecule has 0 radical (unpaired) electrons. The van der Waals surface area contributed by atoms with Gasteiger partial charge in [0.25, 0.3) is 5.89 Å². The molecule has 0 fully saturated rings. The first-order valence-electron chi connectivity index (χ1n) is 7.48. The minimum Gasteiger partial charge on any atom is -0.497 e. The lowest BCUT2D eigenvalue weighted by molar-refractivity contribution is 0.355. The molecule has 2 aromatic carbocycles. The maximum atomic E-state index is 5.40. The van der Waals surface area contributed by atoms with Gasteiger partial charge in [0.15, 0.2) is 11.5 Å². The molecule has 0 amide bonds. The molecule has 0 aliphatic carbocycles. The molecule has 0 saturated heterocycles. The van der Waals surface area contributed by atoms with Crippen LogP contribution in [-0.4, -0.2) is 38.6 Å². The fourth-order valence-electron chi connectivity index (χ4n) is 2.40. The Morgan fingerprint density at radius 1 is 0.760 bits per heavy atom. The van der Waals surface area contributed by atoms with Gasteiger partial charge in [-0.05, 0) is 30.3 Å². The molecule has 0 aliphatic heterocycles. The summed E-state index contributed by atoms with van der Waals surface area (Å²) in [4.78, 5) is 4.45. The smallest absolute Gasteiger partial charge is 0.262 e. The fraction of sp³-hybridized carbons (Fsp3) is 0.222. The maximum absolute atomic E-state index is 5.40. The predicted octanol–water partition coefficient (Wildman–Crippen LogP) is 3.44. The van der Waals surface area contributed by atoms with Crippen LogP contribution in [0.3, 0.4) is 0 Å². The Balaban J connectivity index is 1.98. The lowest BCUT2D eigenvalue weighted by atomic mass is 10.1. The van der Waals surface area contributed by atoms with E-state index in [0.29, 0.717) is 40.3 Å². The number of hydrogen-bond acceptors (Lipinski definition) is 7. The van der Waals surface area contributed by atoms with Crippen LogP contribution in [0.5, 0.6) is 23.0 Å². The van der Waals surface area contributed by atoms with Crippen LogP contribution in [0, 0.1) is 0 Å². The van der Waals surface area contributed by atoms with E-state index in [4.69, 9.17) is 23.5 Å². The highest BCUT2D eigenvalue weighted by molar-refractivity contribution is 5.67. The predicted molar refractivity (Wildman–Crippen MR) is 91.4 cm³/mol. The van der Waals surface area contributed by atoms with E-state index in [1.165, 1.54) is 0 Å². The van der Waals surface area contributed by atoms with Gasteiger partial charge in [-0.2, -0.15) is 4.98 Å². The van der Waals surface area contributed by atoms with E-state index >= 15 is 0 Å². The van der Waals surface area contributed by atoms with Crippen molar-refractivity contribution in [3.63, 3.8) is 0 Å². The zero-order chi connectivity index (χ0) is 17.8. The number of rotatable bonds is 6. The lowest BCUT2D eigenvalue weighted by Crippen LogP contribution is -1.92. The van der Waals surface area contributed by atoms with Crippen LogP contribution >= 0.6 is 0 Å². The molecule has 25 heavy (non-hydrogen) atoms. The highest BCUT2D eigenvalue weighted by atomic mass is 16.5. The molecular formula is C18H18N2O5. The summed E-state index contributed by atoms with van der Waals surface area (Å²) in [5.74, 6) is 3.28. The minimum absolute atomic E-state index is 0.351. The van der Waals surface area contributed by atoms with Gasteiger partial charge in [-0.25, -0.2) is 0 Å². The molecule has 3 rings (SSSR count).